The molecule has 0 radical (unpaired) electrons. The molecule has 0 heterocycles. The zero-order valence-electron chi connectivity index (χ0n) is 58.8. The summed E-state index contributed by atoms with van der Waals surface area (Å²) in [7, 11) is 1.44. The number of rotatable bonds is 67. The van der Waals surface area contributed by atoms with Gasteiger partial charge in [0.25, 0.3) is 0 Å². The fraction of sp³-hybridized carbons (Fsp3) is 0.700. The molecule has 0 amide bonds. The maximum atomic E-state index is 12.9. The number of esters is 2. The average Bonchev–Trinajstić information content (AvgIpc) is 3.58. The Labute approximate surface area is 555 Å². The summed E-state index contributed by atoms with van der Waals surface area (Å²) in [6, 6.07) is 0. The summed E-state index contributed by atoms with van der Waals surface area (Å²) in [6.07, 6.45) is 102. The zero-order chi connectivity index (χ0) is 65.5. The number of unbranched alkanes of at least 4 members (excludes halogenated alkanes) is 31. The van der Waals surface area contributed by atoms with Crippen LogP contribution in [0.25, 0.3) is 0 Å². The standard InChI is InChI=1S/C80H138NO8P/c1-6-8-10-12-14-16-18-20-22-24-26-28-30-32-34-36-38-40-42-44-46-48-50-52-54-56-58-60-62-64-66-68-70-72-79(82)86-76-78(77-88-90(84,85)87-75-74-81(3,4)5)89-80(83)73-71-69-67-65-63-61-59-57-55-53-51-49-47-45-43-41-39-37-35-33-31-29-27-25-23-21-19-17-15-13-11-9-7-2/h9,11,15,17,21,23-24,26-27,29,33,35,39,41,45,47,51,53,57,59,63,65,78H,6-8,10,12-14,16,18-20,22,25,28,30-32,34,36-38,40,42-44,46,48-50,52,54-56,58,60-62,64,66-77H2,1-5H3/p+1/b11-9-,17-15-,23-21-,26-24-,29-27-,35-33-,41-39-,47-45-,53-51-,59-57-,65-63-. The van der Waals surface area contributed by atoms with Crippen LogP contribution in [0.15, 0.2) is 134 Å². The van der Waals surface area contributed by atoms with Crippen molar-refractivity contribution in [2.45, 2.75) is 315 Å². The zero-order valence-corrected chi connectivity index (χ0v) is 59.7. The van der Waals surface area contributed by atoms with Crippen LogP contribution in [0, 0.1) is 0 Å². The van der Waals surface area contributed by atoms with Gasteiger partial charge < -0.3 is 18.9 Å². The summed E-state index contributed by atoms with van der Waals surface area (Å²) >= 11 is 0. The van der Waals surface area contributed by atoms with Gasteiger partial charge in [0, 0.05) is 12.8 Å². The van der Waals surface area contributed by atoms with Gasteiger partial charge >= 0.3 is 19.8 Å². The molecule has 1 N–H and O–H groups in total. The number of hydrogen-bond donors (Lipinski definition) is 1. The second-order valence-electron chi connectivity index (χ2n) is 25.6. The molecule has 0 fully saturated rings. The monoisotopic (exact) mass is 1270 g/mol. The summed E-state index contributed by atoms with van der Waals surface area (Å²) in [6.45, 7) is 4.29. The predicted molar refractivity (Wildman–Crippen MR) is 390 cm³/mol. The van der Waals surface area contributed by atoms with E-state index in [4.69, 9.17) is 18.5 Å². The van der Waals surface area contributed by atoms with Crippen LogP contribution in [-0.2, 0) is 32.7 Å². The Morgan fingerprint density at radius 2 is 0.633 bits per heavy atom. The van der Waals surface area contributed by atoms with Gasteiger partial charge in [0.05, 0.1) is 27.7 Å². The maximum Gasteiger partial charge on any atom is 0.472 e. The van der Waals surface area contributed by atoms with Gasteiger partial charge in [0.1, 0.15) is 19.8 Å². The third-order valence-corrected chi connectivity index (χ3v) is 16.6. The normalized spacial score (nSPS) is 13.9. The molecule has 90 heavy (non-hydrogen) atoms. The minimum absolute atomic E-state index is 0.0172. The van der Waals surface area contributed by atoms with Crippen molar-refractivity contribution in [3.05, 3.63) is 134 Å². The van der Waals surface area contributed by atoms with E-state index in [0.29, 0.717) is 17.4 Å². The van der Waals surface area contributed by atoms with E-state index in [1.807, 2.05) is 21.1 Å². The van der Waals surface area contributed by atoms with E-state index in [2.05, 4.69) is 148 Å². The first-order chi connectivity index (χ1) is 44.0. The predicted octanol–water partition coefficient (Wildman–Crippen LogP) is 24.4. The molecule has 0 saturated heterocycles. The third kappa shape index (κ3) is 73.2. The Balaban J connectivity index is 4.12. The minimum Gasteiger partial charge on any atom is -0.462 e. The number of carbonyl (C=O) groups is 2. The Bertz CT molecular complexity index is 1980. The van der Waals surface area contributed by atoms with E-state index in [1.165, 1.54) is 180 Å². The van der Waals surface area contributed by atoms with Gasteiger partial charge in [-0.2, -0.15) is 0 Å². The Morgan fingerprint density at radius 1 is 0.356 bits per heavy atom. The minimum atomic E-state index is -4.41. The van der Waals surface area contributed by atoms with Crippen molar-refractivity contribution in [2.24, 2.45) is 0 Å². The van der Waals surface area contributed by atoms with Gasteiger partial charge in [-0.1, -0.05) is 314 Å². The highest BCUT2D eigenvalue weighted by Crippen LogP contribution is 2.43. The van der Waals surface area contributed by atoms with E-state index in [9.17, 15) is 19.0 Å². The van der Waals surface area contributed by atoms with Crippen LogP contribution in [0.3, 0.4) is 0 Å². The summed E-state index contributed by atoms with van der Waals surface area (Å²) < 4.78 is 34.7. The van der Waals surface area contributed by atoms with Crippen molar-refractivity contribution >= 4 is 19.8 Å². The Kier molecular flexibility index (Phi) is 66.5. The first-order valence-electron chi connectivity index (χ1n) is 36.9. The number of ether oxygens (including phenoxy) is 2. The van der Waals surface area contributed by atoms with Gasteiger partial charge in [0.2, 0.25) is 0 Å². The van der Waals surface area contributed by atoms with Crippen molar-refractivity contribution in [2.75, 3.05) is 47.5 Å². The number of quaternary nitrogens is 1. The summed E-state index contributed by atoms with van der Waals surface area (Å²) in [5, 5.41) is 0. The molecular formula is C80H139NO8P+. The molecule has 0 aliphatic rings. The number of allylic oxidation sites excluding steroid dienone is 22. The summed E-state index contributed by atoms with van der Waals surface area (Å²) in [5.41, 5.74) is 0. The van der Waals surface area contributed by atoms with Crippen molar-refractivity contribution in [1.82, 2.24) is 0 Å². The molecule has 0 aromatic carbocycles. The molecule has 0 spiro atoms. The van der Waals surface area contributed by atoms with Crippen LogP contribution < -0.4 is 0 Å². The summed E-state index contributed by atoms with van der Waals surface area (Å²) in [5.74, 6) is -0.847. The number of hydrogen-bond acceptors (Lipinski definition) is 7. The smallest absolute Gasteiger partial charge is 0.462 e. The fourth-order valence-corrected chi connectivity index (χ4v) is 10.8. The van der Waals surface area contributed by atoms with Gasteiger partial charge in [-0.15, -0.1) is 0 Å². The van der Waals surface area contributed by atoms with Gasteiger partial charge in [-0.25, -0.2) is 4.57 Å². The van der Waals surface area contributed by atoms with Crippen LogP contribution in [0.4, 0.5) is 0 Å². The topological polar surface area (TPSA) is 108 Å². The Hall–Kier alpha value is -3.85. The first kappa shape index (κ1) is 86.2. The van der Waals surface area contributed by atoms with E-state index < -0.39 is 26.5 Å². The second-order valence-corrected chi connectivity index (χ2v) is 27.0. The lowest BCUT2D eigenvalue weighted by Crippen LogP contribution is -2.37. The molecule has 9 nitrogen and oxygen atoms in total. The molecule has 0 aromatic rings. The van der Waals surface area contributed by atoms with E-state index in [1.54, 1.807) is 0 Å². The lowest BCUT2D eigenvalue weighted by atomic mass is 10.0. The van der Waals surface area contributed by atoms with Gasteiger partial charge in [-0.05, 0) is 116 Å². The third-order valence-electron chi connectivity index (χ3n) is 15.7. The molecule has 0 rings (SSSR count). The molecule has 0 aromatic heterocycles. The van der Waals surface area contributed by atoms with E-state index in [-0.39, 0.29) is 32.0 Å². The largest absolute Gasteiger partial charge is 0.472 e. The molecule has 0 aliphatic carbocycles. The van der Waals surface area contributed by atoms with Crippen molar-refractivity contribution < 1.29 is 42.1 Å². The fourth-order valence-electron chi connectivity index (χ4n) is 10.0. The number of likely N-dealkylation sites (N-methyl/N-ethyl adjacent to an activating group) is 1. The molecule has 0 saturated carbocycles. The highest BCUT2D eigenvalue weighted by Gasteiger charge is 2.27. The van der Waals surface area contributed by atoms with Crippen molar-refractivity contribution in [3.8, 4) is 0 Å². The molecule has 0 bridgehead atoms. The van der Waals surface area contributed by atoms with Crippen LogP contribution in [0.2, 0.25) is 0 Å². The van der Waals surface area contributed by atoms with Gasteiger partial charge in [-0.3, -0.25) is 18.6 Å². The van der Waals surface area contributed by atoms with Gasteiger partial charge in [0.15, 0.2) is 6.10 Å². The molecular weight excluding hydrogens is 1130 g/mol. The van der Waals surface area contributed by atoms with Crippen LogP contribution in [-0.4, -0.2) is 74.9 Å². The first-order valence-corrected chi connectivity index (χ1v) is 38.4. The number of phosphoric ester groups is 1. The molecule has 2 unspecified atom stereocenters. The van der Waals surface area contributed by atoms with Crippen LogP contribution >= 0.6 is 7.82 Å². The maximum absolute atomic E-state index is 12.9. The van der Waals surface area contributed by atoms with E-state index >= 15 is 0 Å². The quantitative estimate of drug-likeness (QED) is 0.0211. The number of nitrogens with zero attached hydrogens (tertiary/aromatic N) is 1. The van der Waals surface area contributed by atoms with Crippen molar-refractivity contribution in [1.29, 1.82) is 0 Å². The molecule has 2 atom stereocenters. The van der Waals surface area contributed by atoms with E-state index in [0.717, 1.165) is 96.3 Å². The molecule has 0 aliphatic heterocycles. The lowest BCUT2D eigenvalue weighted by molar-refractivity contribution is -0.870. The second kappa shape index (κ2) is 69.5. The molecule has 10 heteroatoms. The number of phosphoric acid groups is 1. The van der Waals surface area contributed by atoms with Crippen molar-refractivity contribution in [3.63, 3.8) is 0 Å². The van der Waals surface area contributed by atoms with Crippen LogP contribution in [0.1, 0.15) is 309 Å². The summed E-state index contributed by atoms with van der Waals surface area (Å²) in [4.78, 5) is 35.9. The Morgan fingerprint density at radius 3 is 0.978 bits per heavy atom. The van der Waals surface area contributed by atoms with Crippen LogP contribution in [0.5, 0.6) is 0 Å². The SMILES string of the molecule is CC/C=C\C/C=C\C/C=C\C/C=C\C/C=C\C/C=C\C/C=C\C/C=C\C/C=C\C/C=C\CCCCC(=O)OC(COC(=O)CCCCCCCCCCCCCCCCCCCCCCC/C=C\CCCCCCCCCC)COP(=O)(O)OCC[N+](C)(C)C. The lowest BCUT2D eigenvalue weighted by Gasteiger charge is -2.24. The highest BCUT2D eigenvalue weighted by atomic mass is 31.2. The average molecular weight is 1270 g/mol. The highest BCUT2D eigenvalue weighted by molar-refractivity contribution is 7.47. The molecule has 516 valence electrons. The number of carbonyl (C=O) groups excluding carboxylic acids is 2.